The predicted molar refractivity (Wildman–Crippen MR) is 72.5 cm³/mol. The molecule has 1 unspecified atom stereocenters. The van der Waals surface area contributed by atoms with Crippen molar-refractivity contribution < 1.29 is 31.0 Å². The van der Waals surface area contributed by atoms with Gasteiger partial charge in [0, 0.05) is 13.1 Å². The summed E-state index contributed by atoms with van der Waals surface area (Å²) in [6.45, 7) is 4.75. The van der Waals surface area contributed by atoms with Gasteiger partial charge in [-0.3, -0.25) is 4.90 Å². The summed E-state index contributed by atoms with van der Waals surface area (Å²) in [6, 6.07) is 0. The smallest absolute Gasteiger partial charge is 1.00 e. The van der Waals surface area contributed by atoms with Crippen LogP contribution in [0.15, 0.2) is 0 Å². The first kappa shape index (κ1) is 17.9. The molecule has 3 heteroatoms. The van der Waals surface area contributed by atoms with Gasteiger partial charge in [-0.25, -0.2) is 0 Å². The second-order valence-corrected chi connectivity index (χ2v) is 5.22. The molecule has 0 aromatic heterocycles. The van der Waals surface area contributed by atoms with Crippen LogP contribution in [-0.2, 0) is 0 Å². The normalized spacial score (nSPS) is 16.6. The van der Waals surface area contributed by atoms with Crippen LogP contribution in [0.1, 0.15) is 72.6 Å². The van der Waals surface area contributed by atoms with E-state index < -0.39 is 0 Å². The van der Waals surface area contributed by atoms with Crippen LogP contribution in [0.3, 0.4) is 0 Å². The third kappa shape index (κ3) is 10.5. The van der Waals surface area contributed by atoms with Gasteiger partial charge in [0.15, 0.2) is 0 Å². The number of hydrogen-bond donors (Lipinski definition) is 1. The first-order chi connectivity index (χ1) is 7.84. The van der Waals surface area contributed by atoms with E-state index in [1.807, 2.05) is 0 Å². The monoisotopic (exact) mass is 250 g/mol. The zero-order valence-corrected chi connectivity index (χ0v) is 14.1. The van der Waals surface area contributed by atoms with E-state index >= 15 is 0 Å². The van der Waals surface area contributed by atoms with Crippen LogP contribution >= 0.6 is 0 Å². The van der Waals surface area contributed by atoms with Gasteiger partial charge >= 0.3 is 29.6 Å². The van der Waals surface area contributed by atoms with Crippen molar-refractivity contribution in [2.75, 3.05) is 13.1 Å². The molecule has 1 fully saturated rings. The Balaban J connectivity index is 0. The molecule has 1 aliphatic heterocycles. The molecule has 0 aromatic carbocycles. The van der Waals surface area contributed by atoms with Gasteiger partial charge in [0.1, 0.15) is 0 Å². The molecule has 98 valence electrons. The van der Waals surface area contributed by atoms with E-state index in [2.05, 4.69) is 11.8 Å². The van der Waals surface area contributed by atoms with Crippen LogP contribution in [0.25, 0.3) is 0 Å². The second-order valence-electron chi connectivity index (χ2n) is 5.22. The Morgan fingerprint density at radius 3 is 1.88 bits per heavy atom. The molecule has 0 aromatic rings. The third-order valence-corrected chi connectivity index (χ3v) is 3.55. The van der Waals surface area contributed by atoms with Crippen molar-refractivity contribution >= 4 is 0 Å². The van der Waals surface area contributed by atoms with E-state index in [0.717, 1.165) is 0 Å². The molecule has 0 spiro atoms. The van der Waals surface area contributed by atoms with Crippen LogP contribution in [-0.4, -0.2) is 24.2 Å². The standard InChI is InChI=1S/C14H30N2.Na.H/c1-2-3-4-5-6-7-8-9-10-11-14(15)16-12-13-16;;/h14H,2-13,15H2,1H3;;/q;+1;-1. The predicted octanol–water partition coefficient (Wildman–Crippen LogP) is 0.624. The maximum atomic E-state index is 6.00. The Bertz CT molecular complexity index is 166. The fourth-order valence-electron chi connectivity index (χ4n) is 2.24. The van der Waals surface area contributed by atoms with Gasteiger partial charge in [0.25, 0.3) is 0 Å². The minimum Gasteiger partial charge on any atom is -1.00 e. The zero-order chi connectivity index (χ0) is 11.6. The summed E-state index contributed by atoms with van der Waals surface area (Å²) in [6.07, 6.45) is 14.2. The summed E-state index contributed by atoms with van der Waals surface area (Å²) in [5.41, 5.74) is 6.00. The quantitative estimate of drug-likeness (QED) is 0.331. The van der Waals surface area contributed by atoms with Gasteiger partial charge in [-0.15, -0.1) is 0 Å². The fourth-order valence-corrected chi connectivity index (χ4v) is 2.24. The second kappa shape index (κ2) is 12.0. The molecule has 1 aliphatic rings. The molecule has 1 saturated heterocycles. The molecule has 1 atom stereocenters. The minimum absolute atomic E-state index is 0. The summed E-state index contributed by atoms with van der Waals surface area (Å²) in [4.78, 5) is 2.35. The number of hydrogen-bond acceptors (Lipinski definition) is 2. The van der Waals surface area contributed by atoms with Crippen LogP contribution in [0.2, 0.25) is 0 Å². The SMILES string of the molecule is CCCCCCCCCCCC(N)N1CC1.[H-].[Na+]. The Kier molecular flexibility index (Phi) is 12.6. The number of nitrogens with zero attached hydrogens (tertiary/aromatic N) is 1. The third-order valence-electron chi connectivity index (χ3n) is 3.55. The van der Waals surface area contributed by atoms with E-state index in [-0.39, 0.29) is 31.0 Å². The van der Waals surface area contributed by atoms with E-state index in [0.29, 0.717) is 6.17 Å². The first-order valence-corrected chi connectivity index (χ1v) is 7.34. The van der Waals surface area contributed by atoms with Crippen LogP contribution < -0.4 is 35.3 Å². The molecule has 2 N–H and O–H groups in total. The molecule has 0 radical (unpaired) electrons. The fraction of sp³-hybridized carbons (Fsp3) is 1.00. The summed E-state index contributed by atoms with van der Waals surface area (Å²) in [5, 5.41) is 0. The Hall–Kier alpha value is 0.920. The van der Waals surface area contributed by atoms with Crippen LogP contribution in [0, 0.1) is 0 Å². The zero-order valence-electron chi connectivity index (χ0n) is 13.1. The van der Waals surface area contributed by atoms with Gasteiger partial charge < -0.3 is 7.16 Å². The molecule has 17 heavy (non-hydrogen) atoms. The van der Waals surface area contributed by atoms with Crippen molar-refractivity contribution in [3.8, 4) is 0 Å². The average Bonchev–Trinajstić information content (AvgIpc) is 3.10. The number of rotatable bonds is 11. The van der Waals surface area contributed by atoms with E-state index in [1.165, 1.54) is 77.3 Å². The topological polar surface area (TPSA) is 29.0 Å². The Labute approximate surface area is 131 Å². The van der Waals surface area contributed by atoms with Gasteiger partial charge in [0.2, 0.25) is 0 Å². The Morgan fingerprint density at radius 1 is 0.941 bits per heavy atom. The maximum absolute atomic E-state index is 6.00. The largest absolute Gasteiger partial charge is 1.00 e. The van der Waals surface area contributed by atoms with Crippen molar-refractivity contribution in [3.05, 3.63) is 0 Å². The van der Waals surface area contributed by atoms with Gasteiger partial charge in [-0.1, -0.05) is 64.7 Å². The van der Waals surface area contributed by atoms with Crippen molar-refractivity contribution in [1.29, 1.82) is 0 Å². The summed E-state index contributed by atoms with van der Waals surface area (Å²) in [7, 11) is 0. The molecule has 0 saturated carbocycles. The molecule has 1 heterocycles. The molecule has 0 bridgehead atoms. The summed E-state index contributed by atoms with van der Waals surface area (Å²) in [5.74, 6) is 0. The van der Waals surface area contributed by atoms with Crippen molar-refractivity contribution in [1.82, 2.24) is 4.90 Å². The van der Waals surface area contributed by atoms with Gasteiger partial charge in [0.05, 0.1) is 6.17 Å². The number of unbranched alkanes of at least 4 members (excludes halogenated alkanes) is 8. The van der Waals surface area contributed by atoms with Crippen molar-refractivity contribution in [3.63, 3.8) is 0 Å². The summed E-state index contributed by atoms with van der Waals surface area (Å²) >= 11 is 0. The molecular formula is C14H31N2Na. The Morgan fingerprint density at radius 2 is 1.41 bits per heavy atom. The van der Waals surface area contributed by atoms with Crippen molar-refractivity contribution in [2.45, 2.75) is 77.3 Å². The van der Waals surface area contributed by atoms with E-state index in [9.17, 15) is 0 Å². The molecule has 2 nitrogen and oxygen atoms in total. The van der Waals surface area contributed by atoms with E-state index in [1.54, 1.807) is 0 Å². The number of nitrogens with two attached hydrogens (primary N) is 1. The minimum atomic E-state index is 0. The van der Waals surface area contributed by atoms with Crippen molar-refractivity contribution in [2.24, 2.45) is 5.73 Å². The first-order valence-electron chi connectivity index (χ1n) is 7.34. The van der Waals surface area contributed by atoms with Crippen LogP contribution in [0.4, 0.5) is 0 Å². The van der Waals surface area contributed by atoms with Gasteiger partial charge in [-0.2, -0.15) is 0 Å². The molecule has 0 aliphatic carbocycles. The average molecular weight is 250 g/mol. The summed E-state index contributed by atoms with van der Waals surface area (Å²) < 4.78 is 0. The molecule has 0 amide bonds. The molecule has 1 rings (SSSR count). The van der Waals surface area contributed by atoms with Crippen LogP contribution in [0.5, 0.6) is 0 Å². The molecular weight excluding hydrogens is 219 g/mol. The maximum Gasteiger partial charge on any atom is 1.00 e. The van der Waals surface area contributed by atoms with E-state index in [4.69, 9.17) is 5.73 Å². The van der Waals surface area contributed by atoms with Gasteiger partial charge in [-0.05, 0) is 6.42 Å².